The number of pyridine rings is 1. The van der Waals surface area contributed by atoms with Crippen molar-refractivity contribution in [1.82, 2.24) is 9.88 Å². The molecule has 2 unspecified atom stereocenters. The second kappa shape index (κ2) is 3.98. The van der Waals surface area contributed by atoms with Crippen LogP contribution in [0.2, 0.25) is 0 Å². The Bertz CT molecular complexity index is 353. The molecule has 1 aromatic rings. The zero-order valence-corrected chi connectivity index (χ0v) is 8.63. The zero-order chi connectivity index (χ0) is 10.8. The number of nitrogens with zero attached hydrogens (tertiary/aromatic N) is 2. The molecule has 0 saturated carbocycles. The van der Waals surface area contributed by atoms with Crippen molar-refractivity contribution < 1.29 is 9.90 Å². The van der Waals surface area contributed by atoms with E-state index in [-0.39, 0.29) is 24.5 Å². The second-order valence-electron chi connectivity index (χ2n) is 3.88. The lowest BCUT2D eigenvalue weighted by atomic mass is 9.96. The molecule has 1 N–H and O–H groups in total. The normalized spacial score (nSPS) is 26.0. The van der Waals surface area contributed by atoms with Gasteiger partial charge in [-0.25, -0.2) is 0 Å². The third-order valence-corrected chi connectivity index (χ3v) is 2.95. The summed E-state index contributed by atoms with van der Waals surface area (Å²) in [4.78, 5) is 17.3. The summed E-state index contributed by atoms with van der Waals surface area (Å²) in [5, 5.41) is 9.23. The van der Waals surface area contributed by atoms with Crippen LogP contribution in [0, 0.1) is 5.92 Å². The van der Waals surface area contributed by atoms with Gasteiger partial charge in [0.05, 0.1) is 6.04 Å². The Morgan fingerprint density at radius 2 is 2.47 bits per heavy atom. The first-order valence-electron chi connectivity index (χ1n) is 5.00. The molecule has 4 heteroatoms. The van der Waals surface area contributed by atoms with Gasteiger partial charge in [0, 0.05) is 38.4 Å². The van der Waals surface area contributed by atoms with Crippen molar-refractivity contribution in [3.05, 3.63) is 30.1 Å². The highest BCUT2D eigenvalue weighted by molar-refractivity contribution is 5.79. The van der Waals surface area contributed by atoms with E-state index in [4.69, 9.17) is 0 Å². The average molecular weight is 206 g/mol. The minimum absolute atomic E-state index is 0.00769. The van der Waals surface area contributed by atoms with Gasteiger partial charge in [0.15, 0.2) is 0 Å². The summed E-state index contributed by atoms with van der Waals surface area (Å²) in [5.74, 6) is 0.0783. The number of hydrogen-bond donors (Lipinski definition) is 1. The van der Waals surface area contributed by atoms with Gasteiger partial charge < -0.3 is 10.0 Å². The predicted molar refractivity (Wildman–Crippen MR) is 54.9 cm³/mol. The molecule has 1 aromatic heterocycles. The molecule has 15 heavy (non-hydrogen) atoms. The molecule has 1 aliphatic heterocycles. The van der Waals surface area contributed by atoms with Gasteiger partial charge in [-0.3, -0.25) is 9.78 Å². The number of carbonyl (C=O) groups excluding carboxylic acids is 1. The van der Waals surface area contributed by atoms with Gasteiger partial charge in [0.25, 0.3) is 0 Å². The Balaban J connectivity index is 2.30. The van der Waals surface area contributed by atoms with Crippen molar-refractivity contribution in [2.24, 2.45) is 5.92 Å². The lowest BCUT2D eigenvalue weighted by molar-refractivity contribution is -0.127. The highest BCUT2D eigenvalue weighted by atomic mass is 16.3. The minimum Gasteiger partial charge on any atom is -0.396 e. The fraction of sp³-hybridized carbons (Fsp3) is 0.455. The minimum atomic E-state index is -0.0313. The Morgan fingerprint density at radius 3 is 3.07 bits per heavy atom. The van der Waals surface area contributed by atoms with E-state index in [0.717, 1.165) is 5.56 Å². The van der Waals surface area contributed by atoms with Gasteiger partial charge >= 0.3 is 0 Å². The fourth-order valence-electron chi connectivity index (χ4n) is 2.16. The number of carbonyl (C=O) groups is 1. The lowest BCUT2D eigenvalue weighted by Gasteiger charge is -2.23. The molecule has 80 valence electrons. The third-order valence-electron chi connectivity index (χ3n) is 2.95. The van der Waals surface area contributed by atoms with Crippen molar-refractivity contribution in [1.29, 1.82) is 0 Å². The van der Waals surface area contributed by atoms with Crippen molar-refractivity contribution >= 4 is 5.91 Å². The maximum atomic E-state index is 11.5. The summed E-state index contributed by atoms with van der Waals surface area (Å²) in [6.07, 6.45) is 3.88. The molecule has 1 saturated heterocycles. The molecule has 0 bridgehead atoms. The quantitative estimate of drug-likeness (QED) is 0.770. The summed E-state index contributed by atoms with van der Waals surface area (Å²) >= 11 is 0. The predicted octanol–water partition coefficient (Wildman–Crippen LogP) is 0.593. The van der Waals surface area contributed by atoms with Crippen LogP contribution < -0.4 is 0 Å². The van der Waals surface area contributed by atoms with Gasteiger partial charge in [-0.15, -0.1) is 0 Å². The monoisotopic (exact) mass is 206 g/mol. The fourth-order valence-corrected chi connectivity index (χ4v) is 2.16. The van der Waals surface area contributed by atoms with Gasteiger partial charge in [-0.05, 0) is 11.6 Å². The average Bonchev–Trinajstić information content (AvgIpc) is 2.56. The number of aromatic nitrogens is 1. The Kier molecular flexibility index (Phi) is 2.68. The van der Waals surface area contributed by atoms with E-state index in [0.29, 0.717) is 6.42 Å². The van der Waals surface area contributed by atoms with Crippen LogP contribution in [0.3, 0.4) is 0 Å². The van der Waals surface area contributed by atoms with Crippen LogP contribution in [0.25, 0.3) is 0 Å². The van der Waals surface area contributed by atoms with Crippen LogP contribution in [0.4, 0.5) is 0 Å². The smallest absolute Gasteiger partial charge is 0.223 e. The van der Waals surface area contributed by atoms with Crippen molar-refractivity contribution in [3.63, 3.8) is 0 Å². The molecule has 0 radical (unpaired) electrons. The van der Waals surface area contributed by atoms with Crippen LogP contribution in [-0.2, 0) is 4.79 Å². The molecule has 4 nitrogen and oxygen atoms in total. The molecule has 0 spiro atoms. The van der Waals surface area contributed by atoms with Crippen LogP contribution >= 0.6 is 0 Å². The Morgan fingerprint density at radius 1 is 1.67 bits per heavy atom. The van der Waals surface area contributed by atoms with E-state index < -0.39 is 0 Å². The second-order valence-corrected chi connectivity index (χ2v) is 3.88. The number of likely N-dealkylation sites (tertiary alicyclic amines) is 1. The number of aliphatic hydroxyl groups is 1. The lowest BCUT2D eigenvalue weighted by Crippen LogP contribution is -2.25. The van der Waals surface area contributed by atoms with E-state index >= 15 is 0 Å². The molecule has 0 aromatic carbocycles. The highest BCUT2D eigenvalue weighted by Crippen LogP contribution is 2.35. The molecular formula is C11H14N2O2. The molecule has 2 atom stereocenters. The van der Waals surface area contributed by atoms with Gasteiger partial charge in [-0.1, -0.05) is 6.07 Å². The maximum Gasteiger partial charge on any atom is 0.223 e. The van der Waals surface area contributed by atoms with Crippen LogP contribution in [0.1, 0.15) is 18.0 Å². The van der Waals surface area contributed by atoms with E-state index in [9.17, 15) is 9.90 Å². The Labute approximate surface area is 88.6 Å². The molecule has 2 rings (SSSR count). The molecule has 0 aliphatic carbocycles. The van der Waals surface area contributed by atoms with E-state index in [2.05, 4.69) is 4.98 Å². The highest BCUT2D eigenvalue weighted by Gasteiger charge is 2.37. The van der Waals surface area contributed by atoms with E-state index in [1.165, 1.54) is 0 Å². The number of aliphatic hydroxyl groups excluding tert-OH is 1. The largest absolute Gasteiger partial charge is 0.396 e. The molecule has 1 aliphatic rings. The van der Waals surface area contributed by atoms with E-state index in [1.807, 2.05) is 12.1 Å². The SMILES string of the molecule is CN1C(=O)CC(CO)C1c1cccnc1. The molecule has 2 heterocycles. The van der Waals surface area contributed by atoms with Crippen molar-refractivity contribution in [2.75, 3.05) is 13.7 Å². The maximum absolute atomic E-state index is 11.5. The zero-order valence-electron chi connectivity index (χ0n) is 8.63. The van der Waals surface area contributed by atoms with Crippen molar-refractivity contribution in [2.45, 2.75) is 12.5 Å². The Hall–Kier alpha value is -1.42. The first-order chi connectivity index (χ1) is 7.24. The number of hydrogen-bond acceptors (Lipinski definition) is 3. The topological polar surface area (TPSA) is 53.4 Å². The third kappa shape index (κ3) is 1.72. The van der Waals surface area contributed by atoms with Gasteiger partial charge in [-0.2, -0.15) is 0 Å². The number of rotatable bonds is 2. The number of amides is 1. The van der Waals surface area contributed by atoms with Crippen LogP contribution in [-0.4, -0.2) is 34.6 Å². The van der Waals surface area contributed by atoms with Crippen LogP contribution in [0.5, 0.6) is 0 Å². The molecular weight excluding hydrogens is 192 g/mol. The van der Waals surface area contributed by atoms with Gasteiger partial charge in [0.2, 0.25) is 5.91 Å². The van der Waals surface area contributed by atoms with E-state index in [1.54, 1.807) is 24.3 Å². The van der Waals surface area contributed by atoms with Gasteiger partial charge in [0.1, 0.15) is 0 Å². The summed E-state index contributed by atoms with van der Waals surface area (Å²) in [5.41, 5.74) is 0.991. The first-order valence-corrected chi connectivity index (χ1v) is 5.00. The molecule has 1 amide bonds. The first kappa shape index (κ1) is 10.1. The standard InChI is InChI=1S/C11H14N2O2/c1-13-10(15)5-9(7-14)11(13)8-3-2-4-12-6-8/h2-4,6,9,11,14H,5,7H2,1H3. The summed E-state index contributed by atoms with van der Waals surface area (Å²) in [6, 6.07) is 3.76. The summed E-state index contributed by atoms with van der Waals surface area (Å²) in [6.45, 7) is 0.0373. The summed E-state index contributed by atoms with van der Waals surface area (Å²) < 4.78 is 0. The summed E-state index contributed by atoms with van der Waals surface area (Å²) in [7, 11) is 1.77. The molecule has 1 fully saturated rings. The van der Waals surface area contributed by atoms with Crippen LogP contribution in [0.15, 0.2) is 24.5 Å². The van der Waals surface area contributed by atoms with Crippen molar-refractivity contribution in [3.8, 4) is 0 Å².